The van der Waals surface area contributed by atoms with E-state index in [9.17, 15) is 14.4 Å². The minimum atomic E-state index is -0.703. The lowest BCUT2D eigenvalue weighted by molar-refractivity contribution is -0.124. The lowest BCUT2D eigenvalue weighted by Crippen LogP contribution is -2.30. The van der Waals surface area contributed by atoms with Crippen molar-refractivity contribution in [3.8, 4) is 11.5 Å². The third kappa shape index (κ3) is 6.56. The van der Waals surface area contributed by atoms with Gasteiger partial charge in [-0.1, -0.05) is 18.2 Å². The maximum absolute atomic E-state index is 12.5. The highest BCUT2D eigenvalue weighted by Gasteiger charge is 2.16. The van der Waals surface area contributed by atoms with Gasteiger partial charge in [-0.05, 0) is 47.7 Å². The number of anilines is 1. The molecule has 1 aromatic heterocycles. The molecule has 0 saturated carbocycles. The van der Waals surface area contributed by atoms with Crippen LogP contribution in [0.5, 0.6) is 11.5 Å². The van der Waals surface area contributed by atoms with Crippen LogP contribution < -0.4 is 20.1 Å². The summed E-state index contributed by atoms with van der Waals surface area (Å²) in [7, 11) is 3.12. The molecular weight excluding hydrogens is 444 g/mol. The van der Waals surface area contributed by atoms with Crippen molar-refractivity contribution in [2.45, 2.75) is 6.42 Å². The number of benzene rings is 2. The highest BCUT2D eigenvalue weighted by Crippen LogP contribution is 2.27. The fourth-order valence-electron chi connectivity index (χ4n) is 3.00. The van der Waals surface area contributed by atoms with Gasteiger partial charge in [-0.25, -0.2) is 4.79 Å². The number of carbonyl (C=O) groups excluding carboxylic acids is 3. The number of nitrogens with one attached hydrogen (secondary N) is 2. The van der Waals surface area contributed by atoms with E-state index in [0.29, 0.717) is 35.7 Å². The van der Waals surface area contributed by atoms with Crippen LogP contribution in [0, 0.1) is 0 Å². The zero-order valence-electron chi connectivity index (χ0n) is 18.3. The Balaban J connectivity index is 1.49. The Morgan fingerprint density at radius 2 is 1.76 bits per heavy atom. The van der Waals surface area contributed by atoms with Crippen LogP contribution in [-0.2, 0) is 16.0 Å². The van der Waals surface area contributed by atoms with Gasteiger partial charge in [0, 0.05) is 11.9 Å². The van der Waals surface area contributed by atoms with Gasteiger partial charge in [-0.15, -0.1) is 0 Å². The van der Waals surface area contributed by atoms with E-state index in [1.807, 2.05) is 12.1 Å². The lowest BCUT2D eigenvalue weighted by atomic mass is 10.1. The number of hydrogen-bond donors (Lipinski definition) is 2. The van der Waals surface area contributed by atoms with Crippen molar-refractivity contribution in [1.82, 2.24) is 5.32 Å². The van der Waals surface area contributed by atoms with E-state index < -0.39 is 18.5 Å². The van der Waals surface area contributed by atoms with Gasteiger partial charge in [0.25, 0.3) is 11.8 Å². The molecule has 9 heteroatoms. The van der Waals surface area contributed by atoms with Crippen molar-refractivity contribution >= 4 is 34.8 Å². The van der Waals surface area contributed by atoms with Crippen molar-refractivity contribution < 1.29 is 28.6 Å². The Hall–Kier alpha value is -3.85. The summed E-state index contributed by atoms with van der Waals surface area (Å²) in [6, 6.07) is 13.7. The third-order valence-corrected chi connectivity index (χ3v) is 5.38. The number of ether oxygens (including phenoxy) is 3. The fraction of sp³-hybridized carbons (Fsp3) is 0.208. The predicted octanol–water partition coefficient (Wildman–Crippen LogP) is 3.53. The number of carbonyl (C=O) groups is 3. The summed E-state index contributed by atoms with van der Waals surface area (Å²) in [4.78, 5) is 36.9. The monoisotopic (exact) mass is 468 g/mol. The standard InChI is InChI=1S/C24H24N2O6S/c1-30-20-8-7-16(13-21(20)31-2)9-11-25-22(27)14-32-24(29)18-5-3-4-6-19(18)26-23(28)17-10-12-33-15-17/h3-8,10,12-13,15H,9,11,14H2,1-2H3,(H,25,27)(H,26,28). The minimum absolute atomic E-state index is 0.166. The molecule has 0 saturated heterocycles. The van der Waals surface area contributed by atoms with E-state index in [4.69, 9.17) is 14.2 Å². The van der Waals surface area contributed by atoms with Gasteiger partial charge < -0.3 is 24.8 Å². The Morgan fingerprint density at radius 3 is 2.48 bits per heavy atom. The average Bonchev–Trinajstić information content (AvgIpc) is 3.38. The first-order chi connectivity index (χ1) is 16.0. The molecule has 0 aliphatic rings. The molecule has 33 heavy (non-hydrogen) atoms. The number of thiophene rings is 1. The highest BCUT2D eigenvalue weighted by molar-refractivity contribution is 7.08. The van der Waals surface area contributed by atoms with E-state index in [1.165, 1.54) is 17.4 Å². The zero-order valence-corrected chi connectivity index (χ0v) is 19.1. The number of esters is 1. The first kappa shape index (κ1) is 23.8. The maximum Gasteiger partial charge on any atom is 0.340 e. The van der Waals surface area contributed by atoms with Crippen LogP contribution in [0.3, 0.4) is 0 Å². The summed E-state index contributed by atoms with van der Waals surface area (Å²) in [6.45, 7) is -0.0727. The van der Waals surface area contributed by atoms with E-state index >= 15 is 0 Å². The number of rotatable bonds is 10. The summed E-state index contributed by atoms with van der Waals surface area (Å²) in [5, 5.41) is 8.91. The van der Waals surface area contributed by atoms with Gasteiger partial charge in [-0.2, -0.15) is 11.3 Å². The van der Waals surface area contributed by atoms with Crippen molar-refractivity contribution in [2.24, 2.45) is 0 Å². The van der Waals surface area contributed by atoms with Crippen molar-refractivity contribution in [3.63, 3.8) is 0 Å². The average molecular weight is 469 g/mol. The molecule has 172 valence electrons. The van der Waals surface area contributed by atoms with Gasteiger partial charge in [0.05, 0.1) is 31.0 Å². The normalized spacial score (nSPS) is 10.2. The number of hydrogen-bond acceptors (Lipinski definition) is 7. The number of para-hydroxylation sites is 1. The predicted molar refractivity (Wildman–Crippen MR) is 125 cm³/mol. The summed E-state index contributed by atoms with van der Waals surface area (Å²) in [5.41, 5.74) is 1.93. The van der Waals surface area contributed by atoms with E-state index in [-0.39, 0.29) is 11.5 Å². The van der Waals surface area contributed by atoms with Crippen LogP contribution in [0.4, 0.5) is 5.69 Å². The molecule has 0 bridgehead atoms. The third-order valence-electron chi connectivity index (χ3n) is 4.70. The van der Waals surface area contributed by atoms with E-state index in [2.05, 4.69) is 10.6 Å². The van der Waals surface area contributed by atoms with Gasteiger partial charge in [0.1, 0.15) is 0 Å². The largest absolute Gasteiger partial charge is 0.493 e. The van der Waals surface area contributed by atoms with Crippen LogP contribution in [0.25, 0.3) is 0 Å². The van der Waals surface area contributed by atoms with Crippen molar-refractivity contribution in [3.05, 3.63) is 76.0 Å². The molecule has 0 fully saturated rings. The zero-order chi connectivity index (χ0) is 23.6. The van der Waals surface area contributed by atoms with Gasteiger partial charge in [0.2, 0.25) is 0 Å². The van der Waals surface area contributed by atoms with Crippen LogP contribution >= 0.6 is 11.3 Å². The number of amides is 2. The number of methoxy groups -OCH3 is 2. The van der Waals surface area contributed by atoms with Crippen LogP contribution in [-0.4, -0.2) is 45.2 Å². The quantitative estimate of drug-likeness (QED) is 0.441. The van der Waals surface area contributed by atoms with Gasteiger partial charge >= 0.3 is 5.97 Å². The second kappa shape index (κ2) is 11.7. The van der Waals surface area contributed by atoms with E-state index in [0.717, 1.165) is 5.56 Å². The molecular formula is C24H24N2O6S. The summed E-state index contributed by atoms with van der Waals surface area (Å²) < 4.78 is 15.6. The molecule has 8 nitrogen and oxygen atoms in total. The SMILES string of the molecule is COc1ccc(CCNC(=O)COC(=O)c2ccccc2NC(=O)c2ccsc2)cc1OC. The lowest BCUT2D eigenvalue weighted by Gasteiger charge is -2.11. The van der Waals surface area contributed by atoms with Gasteiger partial charge in [-0.3, -0.25) is 9.59 Å². The maximum atomic E-state index is 12.5. The fourth-order valence-corrected chi connectivity index (χ4v) is 3.64. The molecule has 0 aliphatic carbocycles. The smallest absolute Gasteiger partial charge is 0.340 e. The molecule has 0 spiro atoms. The van der Waals surface area contributed by atoms with E-state index in [1.54, 1.807) is 55.3 Å². The Bertz CT molecular complexity index is 1110. The highest BCUT2D eigenvalue weighted by atomic mass is 32.1. The summed E-state index contributed by atoms with van der Waals surface area (Å²) >= 11 is 1.40. The Morgan fingerprint density at radius 1 is 0.970 bits per heavy atom. The first-order valence-electron chi connectivity index (χ1n) is 10.1. The molecule has 0 radical (unpaired) electrons. The van der Waals surface area contributed by atoms with Gasteiger partial charge in [0.15, 0.2) is 18.1 Å². The molecule has 0 aliphatic heterocycles. The molecule has 3 aromatic rings. The molecule has 0 unspecified atom stereocenters. The van der Waals surface area contributed by atoms with Crippen LogP contribution in [0.2, 0.25) is 0 Å². The molecule has 0 atom stereocenters. The van der Waals surface area contributed by atoms with Crippen LogP contribution in [0.15, 0.2) is 59.3 Å². The minimum Gasteiger partial charge on any atom is -0.493 e. The Labute approximate surface area is 195 Å². The molecule has 2 N–H and O–H groups in total. The van der Waals surface area contributed by atoms with Crippen molar-refractivity contribution in [2.75, 3.05) is 32.7 Å². The Kier molecular flexibility index (Phi) is 8.43. The first-order valence-corrected chi connectivity index (χ1v) is 11.0. The summed E-state index contributed by atoms with van der Waals surface area (Å²) in [6.07, 6.45) is 0.567. The van der Waals surface area contributed by atoms with Crippen LogP contribution in [0.1, 0.15) is 26.3 Å². The molecule has 2 aromatic carbocycles. The topological polar surface area (TPSA) is 103 Å². The van der Waals surface area contributed by atoms with Crippen molar-refractivity contribution in [1.29, 1.82) is 0 Å². The second-order valence-electron chi connectivity index (χ2n) is 6.88. The summed E-state index contributed by atoms with van der Waals surface area (Å²) in [5.74, 6) is -0.219. The molecule has 1 heterocycles. The second-order valence-corrected chi connectivity index (χ2v) is 7.66. The molecule has 3 rings (SSSR count). The molecule has 2 amide bonds.